The summed E-state index contributed by atoms with van der Waals surface area (Å²) in [4.78, 5) is 14.7. The molecule has 5 nitrogen and oxygen atoms in total. The van der Waals surface area contributed by atoms with Crippen LogP contribution in [-0.2, 0) is 0 Å². The monoisotopic (exact) mass is 491 g/mol. The standard InChI is InChI=1S/C22H26IN3O2/c1-14-12-22(2,3)26(4)19-9-6-15(10-17(14)19)13-24-25-21(27)16-7-8-18(23)20(11-16)28-5/h6-11,13-14H,12H2,1-5H3,(H,25,27)/b24-13-. The number of ether oxygens (including phenoxy) is 1. The lowest BCUT2D eigenvalue weighted by atomic mass is 9.80. The first-order chi connectivity index (χ1) is 13.2. The second-order valence-electron chi connectivity index (χ2n) is 7.84. The average Bonchev–Trinajstić information content (AvgIpc) is 2.66. The van der Waals surface area contributed by atoms with Crippen LogP contribution in [0.5, 0.6) is 5.75 Å². The van der Waals surface area contributed by atoms with Gasteiger partial charge in [-0.25, -0.2) is 5.43 Å². The van der Waals surface area contributed by atoms with Gasteiger partial charge >= 0.3 is 0 Å². The molecule has 0 bridgehead atoms. The average molecular weight is 491 g/mol. The van der Waals surface area contributed by atoms with E-state index < -0.39 is 0 Å². The third-order valence-electron chi connectivity index (χ3n) is 5.45. The summed E-state index contributed by atoms with van der Waals surface area (Å²) in [5.41, 5.74) is 6.80. The number of halogens is 1. The summed E-state index contributed by atoms with van der Waals surface area (Å²) in [6.45, 7) is 6.81. The van der Waals surface area contributed by atoms with Crippen LogP contribution in [0, 0.1) is 3.57 Å². The number of hydrogen-bond donors (Lipinski definition) is 1. The zero-order valence-electron chi connectivity index (χ0n) is 16.9. The minimum atomic E-state index is -0.265. The van der Waals surface area contributed by atoms with Crippen LogP contribution >= 0.6 is 22.6 Å². The van der Waals surface area contributed by atoms with Crippen molar-refractivity contribution in [1.29, 1.82) is 0 Å². The van der Waals surface area contributed by atoms with E-state index in [2.05, 4.69) is 78.0 Å². The highest BCUT2D eigenvalue weighted by atomic mass is 127. The number of hydrazone groups is 1. The van der Waals surface area contributed by atoms with Crippen LogP contribution in [0.2, 0.25) is 0 Å². The molecule has 0 radical (unpaired) electrons. The lowest BCUT2D eigenvalue weighted by Gasteiger charge is -2.45. The first-order valence-corrected chi connectivity index (χ1v) is 10.4. The fraction of sp³-hybridized carbons (Fsp3) is 0.364. The fourth-order valence-corrected chi connectivity index (χ4v) is 4.26. The maximum Gasteiger partial charge on any atom is 0.271 e. The minimum absolute atomic E-state index is 0.143. The molecule has 1 aliphatic heterocycles. The van der Waals surface area contributed by atoms with Gasteiger partial charge in [0.15, 0.2) is 0 Å². The molecule has 0 saturated carbocycles. The highest BCUT2D eigenvalue weighted by molar-refractivity contribution is 14.1. The molecule has 2 aromatic carbocycles. The van der Waals surface area contributed by atoms with Gasteiger partial charge in [0.05, 0.1) is 16.9 Å². The van der Waals surface area contributed by atoms with Gasteiger partial charge in [0.1, 0.15) is 5.75 Å². The quantitative estimate of drug-likeness (QED) is 0.381. The molecule has 28 heavy (non-hydrogen) atoms. The second kappa shape index (κ2) is 8.11. The zero-order chi connectivity index (χ0) is 20.5. The molecule has 3 rings (SSSR count). The molecule has 1 amide bonds. The lowest BCUT2D eigenvalue weighted by molar-refractivity contribution is 0.0954. The summed E-state index contributed by atoms with van der Waals surface area (Å²) in [6, 6.07) is 11.7. The molecule has 2 aromatic rings. The van der Waals surface area contributed by atoms with Gasteiger partial charge in [-0.3, -0.25) is 4.79 Å². The molecule has 0 aliphatic carbocycles. The summed E-state index contributed by atoms with van der Waals surface area (Å²) < 4.78 is 6.22. The normalized spacial score (nSPS) is 18.1. The van der Waals surface area contributed by atoms with Crippen LogP contribution in [0.4, 0.5) is 5.69 Å². The maximum atomic E-state index is 12.3. The van der Waals surface area contributed by atoms with Gasteiger partial charge in [-0.2, -0.15) is 5.10 Å². The summed E-state index contributed by atoms with van der Waals surface area (Å²) in [5.74, 6) is 0.884. The fourth-order valence-electron chi connectivity index (χ4n) is 3.71. The van der Waals surface area contributed by atoms with Gasteiger partial charge in [0, 0.05) is 23.8 Å². The van der Waals surface area contributed by atoms with Crippen molar-refractivity contribution in [2.24, 2.45) is 5.10 Å². The van der Waals surface area contributed by atoms with Crippen LogP contribution < -0.4 is 15.1 Å². The van der Waals surface area contributed by atoms with Crippen LogP contribution in [-0.4, -0.2) is 31.8 Å². The number of amides is 1. The molecule has 6 heteroatoms. The first kappa shape index (κ1) is 20.6. The number of hydrogen-bond acceptors (Lipinski definition) is 4. The van der Waals surface area contributed by atoms with Crippen molar-refractivity contribution in [3.8, 4) is 5.75 Å². The van der Waals surface area contributed by atoms with Crippen molar-refractivity contribution in [2.45, 2.75) is 38.6 Å². The number of anilines is 1. The smallest absolute Gasteiger partial charge is 0.271 e. The maximum absolute atomic E-state index is 12.3. The van der Waals surface area contributed by atoms with Crippen molar-refractivity contribution in [3.63, 3.8) is 0 Å². The highest BCUT2D eigenvalue weighted by Gasteiger charge is 2.33. The number of fused-ring (bicyclic) bond motifs is 1. The SMILES string of the molecule is COc1cc(C(=O)N/N=C\c2ccc3c(c2)C(C)CC(C)(C)N3C)ccc1I. The Bertz CT molecular complexity index is 924. The lowest BCUT2D eigenvalue weighted by Crippen LogP contribution is -2.45. The van der Waals surface area contributed by atoms with Crippen molar-refractivity contribution in [3.05, 3.63) is 56.7 Å². The predicted octanol–water partition coefficient (Wildman–Crippen LogP) is 4.79. The van der Waals surface area contributed by atoms with Gasteiger partial charge < -0.3 is 9.64 Å². The Hall–Kier alpha value is -2.09. The summed E-state index contributed by atoms with van der Waals surface area (Å²) >= 11 is 2.17. The van der Waals surface area contributed by atoms with Crippen molar-refractivity contribution in [1.82, 2.24) is 5.43 Å². The molecule has 1 aliphatic rings. The van der Waals surface area contributed by atoms with Crippen LogP contribution in [0.3, 0.4) is 0 Å². The Balaban J connectivity index is 1.73. The van der Waals surface area contributed by atoms with E-state index in [1.807, 2.05) is 12.1 Å². The molecular weight excluding hydrogens is 465 g/mol. The van der Waals surface area contributed by atoms with E-state index in [0.717, 1.165) is 15.6 Å². The van der Waals surface area contributed by atoms with E-state index in [1.165, 1.54) is 11.3 Å². The van der Waals surface area contributed by atoms with Gasteiger partial charge in [-0.05, 0) is 90.2 Å². The van der Waals surface area contributed by atoms with E-state index in [9.17, 15) is 4.79 Å². The Labute approximate surface area is 180 Å². The first-order valence-electron chi connectivity index (χ1n) is 9.27. The Kier molecular flexibility index (Phi) is 5.98. The molecule has 0 saturated heterocycles. The second-order valence-corrected chi connectivity index (χ2v) is 9.01. The van der Waals surface area contributed by atoms with Gasteiger partial charge in [0.2, 0.25) is 0 Å². The van der Waals surface area contributed by atoms with Gasteiger partial charge in [-0.15, -0.1) is 0 Å². The third kappa shape index (κ3) is 4.16. The minimum Gasteiger partial charge on any atom is -0.496 e. The Morgan fingerprint density at radius 1 is 1.32 bits per heavy atom. The number of methoxy groups -OCH3 is 1. The summed E-state index contributed by atoms with van der Waals surface area (Å²) in [6.07, 6.45) is 2.79. The molecule has 1 unspecified atom stereocenters. The Morgan fingerprint density at radius 2 is 2.07 bits per heavy atom. The predicted molar refractivity (Wildman–Crippen MR) is 123 cm³/mol. The molecular formula is C22H26IN3O2. The molecule has 0 aromatic heterocycles. The summed E-state index contributed by atoms with van der Waals surface area (Å²) in [7, 11) is 3.74. The third-order valence-corrected chi connectivity index (χ3v) is 6.34. The Morgan fingerprint density at radius 3 is 2.79 bits per heavy atom. The van der Waals surface area contributed by atoms with E-state index >= 15 is 0 Å². The van der Waals surface area contributed by atoms with E-state index in [1.54, 1.807) is 25.5 Å². The topological polar surface area (TPSA) is 53.9 Å². The van der Waals surface area contributed by atoms with E-state index in [4.69, 9.17) is 4.74 Å². The van der Waals surface area contributed by atoms with Crippen molar-refractivity contribution < 1.29 is 9.53 Å². The molecule has 0 spiro atoms. The van der Waals surface area contributed by atoms with Crippen molar-refractivity contribution in [2.75, 3.05) is 19.1 Å². The molecule has 148 valence electrons. The van der Waals surface area contributed by atoms with Gasteiger partial charge in [-0.1, -0.05) is 13.0 Å². The highest BCUT2D eigenvalue weighted by Crippen LogP contribution is 2.42. The number of nitrogens with zero attached hydrogens (tertiary/aromatic N) is 2. The van der Waals surface area contributed by atoms with Gasteiger partial charge in [0.25, 0.3) is 5.91 Å². The molecule has 1 atom stereocenters. The number of benzene rings is 2. The van der Waals surface area contributed by atoms with Crippen LogP contribution in [0.25, 0.3) is 0 Å². The number of nitrogens with one attached hydrogen (secondary N) is 1. The van der Waals surface area contributed by atoms with Crippen LogP contribution in [0.15, 0.2) is 41.5 Å². The molecule has 1 heterocycles. The van der Waals surface area contributed by atoms with Crippen LogP contribution in [0.1, 0.15) is 54.6 Å². The largest absolute Gasteiger partial charge is 0.496 e. The number of carbonyl (C=O) groups is 1. The summed E-state index contributed by atoms with van der Waals surface area (Å²) in [5, 5.41) is 4.14. The van der Waals surface area contributed by atoms with E-state index in [-0.39, 0.29) is 11.4 Å². The van der Waals surface area contributed by atoms with E-state index in [0.29, 0.717) is 17.2 Å². The number of rotatable bonds is 4. The number of carbonyl (C=O) groups excluding carboxylic acids is 1. The zero-order valence-corrected chi connectivity index (χ0v) is 19.1. The molecule has 1 N–H and O–H groups in total. The molecule has 0 fully saturated rings. The van der Waals surface area contributed by atoms with Crippen molar-refractivity contribution >= 4 is 40.4 Å².